The molecule has 7 heavy (non-hydrogen) atoms. The van der Waals surface area contributed by atoms with Gasteiger partial charge >= 0.3 is 5.97 Å². The van der Waals surface area contributed by atoms with E-state index in [2.05, 4.69) is 0 Å². The molecular formula is C5H12O2. The lowest BCUT2D eigenvalue weighted by atomic mass is 10.2. The van der Waals surface area contributed by atoms with Crippen molar-refractivity contribution in [3.63, 3.8) is 0 Å². The number of carboxylic acid groups (broad SMARTS) is 1. The van der Waals surface area contributed by atoms with Gasteiger partial charge in [-0.25, -0.2) is 0 Å². The Morgan fingerprint density at radius 2 is 1.71 bits per heavy atom. The van der Waals surface area contributed by atoms with Crippen LogP contribution in [0, 0.1) is 5.92 Å². The third-order valence-electron chi connectivity index (χ3n) is 0.494. The van der Waals surface area contributed by atoms with Crippen molar-refractivity contribution in [2.24, 2.45) is 5.92 Å². The molecule has 0 fully saturated rings. The first-order valence-corrected chi connectivity index (χ1v) is 1.87. The summed E-state index contributed by atoms with van der Waals surface area (Å²) in [7, 11) is 0. The third kappa shape index (κ3) is 5.47. The molecule has 0 radical (unpaired) electrons. The van der Waals surface area contributed by atoms with E-state index in [1.165, 1.54) is 0 Å². The van der Waals surface area contributed by atoms with Crippen molar-refractivity contribution in [1.29, 1.82) is 0 Å². The molecule has 0 aromatic carbocycles. The molecule has 0 heterocycles. The van der Waals surface area contributed by atoms with Gasteiger partial charge in [-0.3, -0.25) is 4.79 Å². The van der Waals surface area contributed by atoms with Gasteiger partial charge in [0.25, 0.3) is 0 Å². The Hall–Kier alpha value is -0.530. The zero-order valence-electron chi connectivity index (χ0n) is 3.93. The minimum Gasteiger partial charge on any atom is -0.481 e. The van der Waals surface area contributed by atoms with Crippen molar-refractivity contribution >= 4 is 5.97 Å². The molecule has 0 aromatic rings. The minimum absolute atomic E-state index is 0. The van der Waals surface area contributed by atoms with Crippen LogP contribution >= 0.6 is 0 Å². The van der Waals surface area contributed by atoms with E-state index in [1.807, 2.05) is 0 Å². The maximum absolute atomic E-state index is 9.70. The molecule has 0 aliphatic rings. The Kier molecular flexibility index (Phi) is 5.06. The maximum Gasteiger partial charge on any atom is 0.305 e. The summed E-state index contributed by atoms with van der Waals surface area (Å²) in [4.78, 5) is 9.70. The molecule has 2 heteroatoms. The molecule has 1 N–H and O–H groups in total. The van der Waals surface area contributed by atoms with Gasteiger partial charge in [0, 0.05) is 0 Å². The topological polar surface area (TPSA) is 37.3 Å². The first-order chi connectivity index (χ1) is 2.64. The zero-order valence-corrected chi connectivity index (χ0v) is 3.93. The van der Waals surface area contributed by atoms with Crippen LogP contribution in [0.5, 0.6) is 0 Å². The summed E-state index contributed by atoms with van der Waals surface area (Å²) in [5.74, 6) is -0.972. The molecule has 0 aromatic heterocycles. The summed E-state index contributed by atoms with van der Waals surface area (Å²) in [6.07, 6.45) is 0. The molecule has 0 amide bonds. The van der Waals surface area contributed by atoms with Crippen LogP contribution in [0.15, 0.2) is 0 Å². The van der Waals surface area contributed by atoms with Crippen molar-refractivity contribution < 1.29 is 9.90 Å². The maximum atomic E-state index is 9.70. The summed E-state index contributed by atoms with van der Waals surface area (Å²) < 4.78 is 0. The molecular weight excluding hydrogens is 92.1 g/mol. The van der Waals surface area contributed by atoms with Gasteiger partial charge in [-0.05, 0) is 0 Å². The molecule has 0 atom stereocenters. The number of hydrogen-bond donors (Lipinski definition) is 1. The van der Waals surface area contributed by atoms with E-state index >= 15 is 0 Å². The molecule has 2 nitrogen and oxygen atoms in total. The van der Waals surface area contributed by atoms with Gasteiger partial charge in [0.05, 0.1) is 5.92 Å². The Balaban J connectivity index is 0. The Bertz CT molecular complexity index is 57.1. The fourth-order valence-electron chi connectivity index (χ4n) is 0. The number of carbonyl (C=O) groups is 1. The second kappa shape index (κ2) is 3.65. The van der Waals surface area contributed by atoms with E-state index in [0.717, 1.165) is 0 Å². The van der Waals surface area contributed by atoms with Gasteiger partial charge in [-0.15, -0.1) is 0 Å². The first kappa shape index (κ1) is 9.69. The van der Waals surface area contributed by atoms with E-state index in [4.69, 9.17) is 5.11 Å². The summed E-state index contributed by atoms with van der Waals surface area (Å²) in [5.41, 5.74) is 0. The highest BCUT2D eigenvalue weighted by Crippen LogP contribution is 1.87. The van der Waals surface area contributed by atoms with Crippen molar-refractivity contribution in [3.8, 4) is 0 Å². The van der Waals surface area contributed by atoms with E-state index in [1.54, 1.807) is 13.8 Å². The fourth-order valence-corrected chi connectivity index (χ4v) is 0. The lowest BCUT2D eigenvalue weighted by molar-refractivity contribution is -0.140. The van der Waals surface area contributed by atoms with Gasteiger partial charge in [-0.1, -0.05) is 21.3 Å². The lowest BCUT2D eigenvalue weighted by Gasteiger charge is -1.89. The number of aliphatic carboxylic acids is 1. The Morgan fingerprint density at radius 3 is 1.71 bits per heavy atom. The molecule has 0 rings (SSSR count). The monoisotopic (exact) mass is 104 g/mol. The minimum atomic E-state index is -0.741. The quantitative estimate of drug-likeness (QED) is 0.545. The van der Waals surface area contributed by atoms with Gasteiger partial charge < -0.3 is 5.11 Å². The molecule has 0 saturated carbocycles. The van der Waals surface area contributed by atoms with Gasteiger partial charge in [-0.2, -0.15) is 0 Å². The molecule has 0 spiro atoms. The number of rotatable bonds is 1. The van der Waals surface area contributed by atoms with Crippen LogP contribution in [-0.4, -0.2) is 11.1 Å². The zero-order chi connectivity index (χ0) is 5.15. The summed E-state index contributed by atoms with van der Waals surface area (Å²) in [6, 6.07) is 0. The molecule has 0 saturated heterocycles. The molecule has 0 bridgehead atoms. The average molecular weight is 104 g/mol. The standard InChI is InChI=1S/C4H8O2.CH4/c1-3(2)4(5)6;/h3H,1-2H3,(H,5,6);1H4. The largest absolute Gasteiger partial charge is 0.481 e. The second-order valence-corrected chi connectivity index (χ2v) is 1.49. The first-order valence-electron chi connectivity index (χ1n) is 1.87. The van der Waals surface area contributed by atoms with Gasteiger partial charge in [0.2, 0.25) is 0 Å². The SMILES string of the molecule is C.CC(C)C(=O)O. The predicted octanol–water partition coefficient (Wildman–Crippen LogP) is 1.36. The third-order valence-corrected chi connectivity index (χ3v) is 0.494. The van der Waals surface area contributed by atoms with Crippen LogP contribution in [0.3, 0.4) is 0 Å². The normalized spacial score (nSPS) is 7.86. The van der Waals surface area contributed by atoms with Crippen LogP contribution in [0.25, 0.3) is 0 Å². The molecule has 0 aliphatic carbocycles. The Morgan fingerprint density at radius 1 is 1.57 bits per heavy atom. The van der Waals surface area contributed by atoms with E-state index in [9.17, 15) is 4.79 Å². The highest BCUT2D eigenvalue weighted by molar-refractivity contribution is 5.68. The van der Waals surface area contributed by atoms with Gasteiger partial charge in [0.1, 0.15) is 0 Å². The molecule has 44 valence electrons. The van der Waals surface area contributed by atoms with E-state index in [-0.39, 0.29) is 13.3 Å². The van der Waals surface area contributed by atoms with Gasteiger partial charge in [0.15, 0.2) is 0 Å². The van der Waals surface area contributed by atoms with Crippen LogP contribution in [0.1, 0.15) is 21.3 Å². The molecule has 0 unspecified atom stereocenters. The van der Waals surface area contributed by atoms with Crippen LogP contribution in [-0.2, 0) is 4.79 Å². The summed E-state index contributed by atoms with van der Waals surface area (Å²) >= 11 is 0. The second-order valence-electron chi connectivity index (χ2n) is 1.49. The Labute approximate surface area is 44.2 Å². The van der Waals surface area contributed by atoms with Crippen LogP contribution < -0.4 is 0 Å². The fraction of sp³-hybridized carbons (Fsp3) is 0.800. The van der Waals surface area contributed by atoms with Crippen molar-refractivity contribution in [2.45, 2.75) is 21.3 Å². The van der Waals surface area contributed by atoms with Crippen LogP contribution in [0.2, 0.25) is 0 Å². The molecule has 0 aliphatic heterocycles. The van der Waals surface area contributed by atoms with Crippen molar-refractivity contribution in [2.75, 3.05) is 0 Å². The van der Waals surface area contributed by atoms with E-state index in [0.29, 0.717) is 0 Å². The number of carboxylic acids is 1. The van der Waals surface area contributed by atoms with Crippen LogP contribution in [0.4, 0.5) is 0 Å². The number of hydrogen-bond acceptors (Lipinski definition) is 1. The average Bonchev–Trinajstić information content (AvgIpc) is 1.36. The highest BCUT2D eigenvalue weighted by Gasteiger charge is 1.99. The highest BCUT2D eigenvalue weighted by atomic mass is 16.4. The van der Waals surface area contributed by atoms with Crippen molar-refractivity contribution in [3.05, 3.63) is 0 Å². The van der Waals surface area contributed by atoms with Crippen molar-refractivity contribution in [1.82, 2.24) is 0 Å². The smallest absolute Gasteiger partial charge is 0.305 e. The summed E-state index contributed by atoms with van der Waals surface area (Å²) in [5, 5.41) is 7.99. The predicted molar refractivity (Wildman–Crippen MR) is 29.2 cm³/mol. The lowest BCUT2D eigenvalue weighted by Crippen LogP contribution is -2.03. The summed E-state index contributed by atoms with van der Waals surface area (Å²) in [6.45, 7) is 3.28. The van der Waals surface area contributed by atoms with E-state index < -0.39 is 5.97 Å².